The quantitative estimate of drug-likeness (QED) is 0.885. The van der Waals surface area contributed by atoms with Crippen molar-refractivity contribution in [2.45, 2.75) is 19.3 Å². The SMILES string of the molecule is COc1ccc(OC)c(CC(CO)c2ccc(C)cc2)c1. The molecule has 2 aromatic carbocycles. The Hall–Kier alpha value is -2.00. The Bertz CT molecular complexity index is 576. The third-order valence-electron chi connectivity index (χ3n) is 3.72. The van der Waals surface area contributed by atoms with E-state index in [1.807, 2.05) is 18.2 Å². The molecule has 1 N–H and O–H groups in total. The summed E-state index contributed by atoms with van der Waals surface area (Å²) >= 11 is 0. The first-order chi connectivity index (χ1) is 10.2. The van der Waals surface area contributed by atoms with Crippen LogP contribution in [0.1, 0.15) is 22.6 Å². The molecule has 3 nitrogen and oxygen atoms in total. The second-order valence-corrected chi connectivity index (χ2v) is 5.17. The van der Waals surface area contributed by atoms with Crippen molar-refractivity contribution in [2.75, 3.05) is 20.8 Å². The molecule has 0 spiro atoms. The number of aliphatic hydroxyl groups excluding tert-OH is 1. The van der Waals surface area contributed by atoms with Gasteiger partial charge in [0.05, 0.1) is 20.8 Å². The molecule has 3 heteroatoms. The lowest BCUT2D eigenvalue weighted by atomic mass is 9.91. The molecule has 0 aliphatic carbocycles. The number of aryl methyl sites for hydroxylation is 1. The van der Waals surface area contributed by atoms with Gasteiger partial charge >= 0.3 is 0 Å². The number of hydrogen-bond acceptors (Lipinski definition) is 3. The van der Waals surface area contributed by atoms with Crippen LogP contribution in [-0.2, 0) is 6.42 Å². The van der Waals surface area contributed by atoms with Crippen LogP contribution < -0.4 is 9.47 Å². The molecule has 0 amide bonds. The number of aliphatic hydroxyl groups is 1. The maximum atomic E-state index is 9.73. The molecule has 0 aromatic heterocycles. The van der Waals surface area contributed by atoms with E-state index in [-0.39, 0.29) is 12.5 Å². The summed E-state index contributed by atoms with van der Waals surface area (Å²) in [7, 11) is 3.31. The monoisotopic (exact) mass is 286 g/mol. The van der Waals surface area contributed by atoms with Gasteiger partial charge in [0.15, 0.2) is 0 Å². The summed E-state index contributed by atoms with van der Waals surface area (Å²) in [5, 5.41) is 9.73. The number of methoxy groups -OCH3 is 2. The molecule has 112 valence electrons. The van der Waals surface area contributed by atoms with Crippen LogP contribution in [0.15, 0.2) is 42.5 Å². The maximum Gasteiger partial charge on any atom is 0.122 e. The normalized spacial score (nSPS) is 12.0. The zero-order valence-electron chi connectivity index (χ0n) is 12.8. The Balaban J connectivity index is 2.27. The average Bonchev–Trinajstić information content (AvgIpc) is 2.53. The maximum absolute atomic E-state index is 9.73. The van der Waals surface area contributed by atoms with Crippen LogP contribution >= 0.6 is 0 Å². The lowest BCUT2D eigenvalue weighted by molar-refractivity contribution is 0.263. The fraction of sp³-hybridized carbons (Fsp3) is 0.333. The molecule has 2 aromatic rings. The summed E-state index contributed by atoms with van der Waals surface area (Å²) < 4.78 is 10.7. The highest BCUT2D eigenvalue weighted by molar-refractivity contribution is 5.41. The van der Waals surface area contributed by atoms with E-state index < -0.39 is 0 Å². The van der Waals surface area contributed by atoms with Crippen LogP contribution in [0.2, 0.25) is 0 Å². The Morgan fingerprint density at radius 2 is 1.71 bits per heavy atom. The summed E-state index contributed by atoms with van der Waals surface area (Å²) in [4.78, 5) is 0. The minimum atomic E-state index is 0.0478. The van der Waals surface area contributed by atoms with Crippen molar-refractivity contribution in [3.05, 3.63) is 59.2 Å². The minimum Gasteiger partial charge on any atom is -0.497 e. The highest BCUT2D eigenvalue weighted by atomic mass is 16.5. The smallest absolute Gasteiger partial charge is 0.122 e. The molecule has 0 aliphatic heterocycles. The van der Waals surface area contributed by atoms with Gasteiger partial charge in [-0.3, -0.25) is 0 Å². The summed E-state index contributed by atoms with van der Waals surface area (Å²) in [6.07, 6.45) is 0.708. The summed E-state index contributed by atoms with van der Waals surface area (Å²) in [5.74, 6) is 1.67. The molecule has 2 rings (SSSR count). The first kappa shape index (κ1) is 15.4. The van der Waals surface area contributed by atoms with Crippen molar-refractivity contribution in [3.8, 4) is 11.5 Å². The van der Waals surface area contributed by atoms with Gasteiger partial charge in [0.1, 0.15) is 11.5 Å². The minimum absolute atomic E-state index is 0.0478. The van der Waals surface area contributed by atoms with Gasteiger partial charge in [-0.05, 0) is 42.7 Å². The van der Waals surface area contributed by atoms with Crippen LogP contribution in [-0.4, -0.2) is 25.9 Å². The van der Waals surface area contributed by atoms with Gasteiger partial charge in [-0.1, -0.05) is 29.8 Å². The first-order valence-corrected chi connectivity index (χ1v) is 7.06. The highest BCUT2D eigenvalue weighted by Crippen LogP contribution is 2.29. The van der Waals surface area contributed by atoms with E-state index in [4.69, 9.17) is 9.47 Å². The second kappa shape index (κ2) is 7.14. The van der Waals surface area contributed by atoms with Gasteiger partial charge in [-0.25, -0.2) is 0 Å². The van der Waals surface area contributed by atoms with E-state index >= 15 is 0 Å². The van der Waals surface area contributed by atoms with E-state index in [2.05, 4.69) is 31.2 Å². The van der Waals surface area contributed by atoms with Crippen molar-refractivity contribution in [1.29, 1.82) is 0 Å². The van der Waals surface area contributed by atoms with E-state index in [1.54, 1.807) is 14.2 Å². The fourth-order valence-corrected chi connectivity index (χ4v) is 2.43. The molecular formula is C18H22O3. The van der Waals surface area contributed by atoms with Crippen LogP contribution in [0.25, 0.3) is 0 Å². The zero-order valence-corrected chi connectivity index (χ0v) is 12.8. The number of ether oxygens (including phenoxy) is 2. The molecule has 0 radical (unpaired) electrons. The van der Waals surface area contributed by atoms with Crippen molar-refractivity contribution in [1.82, 2.24) is 0 Å². The van der Waals surface area contributed by atoms with Gasteiger partial charge in [0.25, 0.3) is 0 Å². The molecule has 1 atom stereocenters. The van der Waals surface area contributed by atoms with E-state index in [1.165, 1.54) is 5.56 Å². The van der Waals surface area contributed by atoms with Crippen LogP contribution in [0.4, 0.5) is 0 Å². The summed E-state index contributed by atoms with van der Waals surface area (Å²) in [5.41, 5.74) is 3.39. The standard InChI is InChI=1S/C18H22O3/c1-13-4-6-14(7-5-13)16(12-19)10-15-11-17(20-2)8-9-18(15)21-3/h4-9,11,16,19H,10,12H2,1-3H3. The predicted octanol–water partition coefficient (Wildman–Crippen LogP) is 3.33. The summed E-state index contributed by atoms with van der Waals surface area (Å²) in [6, 6.07) is 14.0. The van der Waals surface area contributed by atoms with Crippen molar-refractivity contribution < 1.29 is 14.6 Å². The summed E-state index contributed by atoms with van der Waals surface area (Å²) in [6.45, 7) is 2.16. The number of benzene rings is 2. The first-order valence-electron chi connectivity index (χ1n) is 7.06. The Morgan fingerprint density at radius 3 is 2.29 bits per heavy atom. The van der Waals surface area contributed by atoms with Gasteiger partial charge in [-0.2, -0.15) is 0 Å². The molecule has 0 bridgehead atoms. The van der Waals surface area contributed by atoms with Crippen LogP contribution in [0.5, 0.6) is 11.5 Å². The second-order valence-electron chi connectivity index (χ2n) is 5.17. The third kappa shape index (κ3) is 3.76. The Labute approximate surface area is 126 Å². The molecule has 0 saturated heterocycles. The van der Waals surface area contributed by atoms with Crippen molar-refractivity contribution >= 4 is 0 Å². The largest absolute Gasteiger partial charge is 0.497 e. The van der Waals surface area contributed by atoms with E-state index in [9.17, 15) is 5.11 Å². The third-order valence-corrected chi connectivity index (χ3v) is 3.72. The molecular weight excluding hydrogens is 264 g/mol. The number of hydrogen-bond donors (Lipinski definition) is 1. The molecule has 0 fully saturated rings. The zero-order chi connectivity index (χ0) is 15.2. The average molecular weight is 286 g/mol. The Kier molecular flexibility index (Phi) is 5.23. The lowest BCUT2D eigenvalue weighted by Gasteiger charge is -2.17. The van der Waals surface area contributed by atoms with E-state index in [0.717, 1.165) is 22.6 Å². The van der Waals surface area contributed by atoms with Crippen LogP contribution in [0, 0.1) is 6.92 Å². The predicted molar refractivity (Wildman–Crippen MR) is 84.3 cm³/mol. The van der Waals surface area contributed by atoms with Gasteiger partial charge in [0, 0.05) is 5.92 Å². The number of rotatable bonds is 6. The highest BCUT2D eigenvalue weighted by Gasteiger charge is 2.15. The van der Waals surface area contributed by atoms with Gasteiger partial charge < -0.3 is 14.6 Å². The van der Waals surface area contributed by atoms with Crippen LogP contribution in [0.3, 0.4) is 0 Å². The topological polar surface area (TPSA) is 38.7 Å². The molecule has 1 unspecified atom stereocenters. The molecule has 0 heterocycles. The fourth-order valence-electron chi connectivity index (χ4n) is 2.43. The van der Waals surface area contributed by atoms with E-state index in [0.29, 0.717) is 6.42 Å². The van der Waals surface area contributed by atoms with Crippen molar-refractivity contribution in [3.63, 3.8) is 0 Å². The lowest BCUT2D eigenvalue weighted by Crippen LogP contribution is -2.09. The van der Waals surface area contributed by atoms with Gasteiger partial charge in [-0.15, -0.1) is 0 Å². The Morgan fingerprint density at radius 1 is 1.00 bits per heavy atom. The van der Waals surface area contributed by atoms with Gasteiger partial charge in [0.2, 0.25) is 0 Å². The molecule has 0 saturated carbocycles. The molecule has 21 heavy (non-hydrogen) atoms. The molecule has 0 aliphatic rings. The van der Waals surface area contributed by atoms with Crippen molar-refractivity contribution in [2.24, 2.45) is 0 Å².